The summed E-state index contributed by atoms with van der Waals surface area (Å²) in [5.74, 6) is -7.52. The molecule has 0 heterocycles. The van der Waals surface area contributed by atoms with Gasteiger partial charge in [0.05, 0.1) is 0 Å². The SMILES string of the molecule is CCCCCC1CCC(C2CCC(c3cc(F)c(C(F)(F)Oc4cc(F)c(F)c(F)c4)c(F)c3)CC2)CC1. The number of benzene rings is 2. The zero-order chi connectivity index (χ0) is 27.4. The minimum absolute atomic E-state index is 0.135. The van der Waals surface area contributed by atoms with Gasteiger partial charge in [0.15, 0.2) is 17.5 Å². The number of ether oxygens (including phenoxy) is 1. The lowest BCUT2D eigenvalue weighted by Crippen LogP contribution is -2.27. The van der Waals surface area contributed by atoms with Crippen molar-refractivity contribution in [3.05, 3.63) is 64.5 Å². The lowest BCUT2D eigenvalue weighted by atomic mass is 9.68. The fraction of sp³-hybridized carbons (Fsp3) is 0.600. The first-order valence-corrected chi connectivity index (χ1v) is 13.8. The number of unbranched alkanes of at least 4 members (excludes halogenated alkanes) is 2. The standard InChI is InChI=1S/C30H35F7O/c1-2-3-4-5-18-6-8-19(9-7-18)20-10-12-21(13-11-20)22-14-24(31)28(25(32)15-22)30(36,37)38-23-16-26(33)29(35)27(34)17-23/h14-21H,2-13H2,1H3. The molecule has 210 valence electrons. The summed E-state index contributed by atoms with van der Waals surface area (Å²) in [4.78, 5) is 0. The van der Waals surface area contributed by atoms with Gasteiger partial charge < -0.3 is 4.74 Å². The van der Waals surface area contributed by atoms with E-state index in [9.17, 15) is 30.7 Å². The highest BCUT2D eigenvalue weighted by atomic mass is 19.3. The topological polar surface area (TPSA) is 9.23 Å². The van der Waals surface area contributed by atoms with Crippen LogP contribution >= 0.6 is 0 Å². The van der Waals surface area contributed by atoms with E-state index in [1.807, 2.05) is 0 Å². The summed E-state index contributed by atoms with van der Waals surface area (Å²) < 4.78 is 103. The molecule has 2 aromatic rings. The molecule has 0 bridgehead atoms. The highest BCUT2D eigenvalue weighted by Gasteiger charge is 2.42. The first kappa shape index (κ1) is 28.8. The van der Waals surface area contributed by atoms with Crippen LogP contribution in [0.2, 0.25) is 0 Å². The molecule has 1 nitrogen and oxygen atoms in total. The Bertz CT molecular complexity index is 1040. The van der Waals surface area contributed by atoms with Crippen molar-refractivity contribution >= 4 is 0 Å². The van der Waals surface area contributed by atoms with Gasteiger partial charge in [-0.2, -0.15) is 8.78 Å². The second-order valence-electron chi connectivity index (χ2n) is 11.1. The number of hydrogen-bond acceptors (Lipinski definition) is 1. The summed E-state index contributed by atoms with van der Waals surface area (Å²) in [6.45, 7) is 2.22. The molecule has 2 saturated carbocycles. The van der Waals surface area contributed by atoms with Gasteiger partial charge in [0.1, 0.15) is 22.9 Å². The molecular formula is C30H35F7O. The molecule has 0 radical (unpaired) electrons. The largest absolute Gasteiger partial charge is 0.432 e. The zero-order valence-electron chi connectivity index (χ0n) is 21.7. The van der Waals surface area contributed by atoms with Crippen LogP contribution in [-0.2, 0) is 6.11 Å². The zero-order valence-corrected chi connectivity index (χ0v) is 21.7. The van der Waals surface area contributed by atoms with Crippen molar-refractivity contribution in [2.75, 3.05) is 0 Å². The molecule has 0 unspecified atom stereocenters. The highest BCUT2D eigenvalue weighted by Crippen LogP contribution is 2.45. The Balaban J connectivity index is 1.36. The van der Waals surface area contributed by atoms with E-state index in [0.29, 0.717) is 17.4 Å². The van der Waals surface area contributed by atoms with E-state index in [0.717, 1.165) is 43.7 Å². The maximum absolute atomic E-state index is 14.8. The van der Waals surface area contributed by atoms with Crippen LogP contribution < -0.4 is 4.74 Å². The maximum Gasteiger partial charge on any atom is 0.432 e. The predicted octanol–water partition coefficient (Wildman–Crippen LogP) is 10.2. The molecule has 2 aliphatic carbocycles. The number of alkyl halides is 2. The predicted molar refractivity (Wildman–Crippen MR) is 131 cm³/mol. The lowest BCUT2D eigenvalue weighted by molar-refractivity contribution is -0.189. The Morgan fingerprint density at radius 2 is 1.24 bits per heavy atom. The van der Waals surface area contributed by atoms with E-state index in [2.05, 4.69) is 11.7 Å². The van der Waals surface area contributed by atoms with Crippen molar-refractivity contribution in [1.29, 1.82) is 0 Å². The van der Waals surface area contributed by atoms with Crippen molar-refractivity contribution < 1.29 is 35.5 Å². The van der Waals surface area contributed by atoms with Crippen LogP contribution in [-0.4, -0.2) is 0 Å². The second-order valence-corrected chi connectivity index (χ2v) is 11.1. The van der Waals surface area contributed by atoms with Gasteiger partial charge >= 0.3 is 6.11 Å². The first-order valence-electron chi connectivity index (χ1n) is 13.8. The van der Waals surface area contributed by atoms with Gasteiger partial charge in [-0.3, -0.25) is 0 Å². The van der Waals surface area contributed by atoms with E-state index < -0.39 is 46.5 Å². The van der Waals surface area contributed by atoms with Gasteiger partial charge in [-0.25, -0.2) is 22.0 Å². The van der Waals surface area contributed by atoms with Crippen molar-refractivity contribution in [3.63, 3.8) is 0 Å². The minimum Gasteiger partial charge on any atom is -0.429 e. The Hall–Kier alpha value is -2.25. The van der Waals surface area contributed by atoms with E-state index in [4.69, 9.17) is 0 Å². The molecule has 0 amide bonds. The summed E-state index contributed by atoms with van der Waals surface area (Å²) in [6.07, 6.45) is 8.99. The molecule has 8 heteroatoms. The molecule has 2 aliphatic rings. The fourth-order valence-corrected chi connectivity index (χ4v) is 6.45. The van der Waals surface area contributed by atoms with Crippen LogP contribution in [0, 0.1) is 46.8 Å². The Labute approximate surface area is 219 Å². The highest BCUT2D eigenvalue weighted by molar-refractivity contribution is 5.33. The molecule has 0 aromatic heterocycles. The molecule has 0 aliphatic heterocycles. The van der Waals surface area contributed by atoms with Crippen LogP contribution in [0.4, 0.5) is 30.7 Å². The van der Waals surface area contributed by atoms with E-state index in [-0.39, 0.29) is 18.1 Å². The molecule has 0 spiro atoms. The lowest BCUT2D eigenvalue weighted by Gasteiger charge is -2.38. The van der Waals surface area contributed by atoms with Gasteiger partial charge in [0.2, 0.25) is 0 Å². The summed E-state index contributed by atoms with van der Waals surface area (Å²) in [5, 5.41) is 0. The smallest absolute Gasteiger partial charge is 0.429 e. The van der Waals surface area contributed by atoms with Crippen molar-refractivity contribution in [2.24, 2.45) is 17.8 Å². The Morgan fingerprint density at radius 3 is 1.76 bits per heavy atom. The van der Waals surface area contributed by atoms with Gasteiger partial charge in [-0.05, 0) is 79.9 Å². The molecule has 0 N–H and O–H groups in total. The molecule has 2 aromatic carbocycles. The normalized spacial score (nSPS) is 24.4. The minimum atomic E-state index is -4.57. The first-order chi connectivity index (χ1) is 18.1. The van der Waals surface area contributed by atoms with Gasteiger partial charge in [-0.15, -0.1) is 0 Å². The second kappa shape index (κ2) is 12.3. The molecule has 0 saturated heterocycles. The fourth-order valence-electron chi connectivity index (χ4n) is 6.45. The van der Waals surface area contributed by atoms with E-state index >= 15 is 0 Å². The third kappa shape index (κ3) is 6.66. The number of rotatable bonds is 9. The van der Waals surface area contributed by atoms with Crippen molar-refractivity contribution in [2.45, 2.75) is 96.0 Å². The van der Waals surface area contributed by atoms with Crippen LogP contribution in [0.5, 0.6) is 5.75 Å². The third-order valence-corrected chi connectivity index (χ3v) is 8.58. The molecule has 2 fully saturated rings. The maximum atomic E-state index is 14.8. The summed E-state index contributed by atoms with van der Waals surface area (Å²) in [5.41, 5.74) is -1.34. The number of halogens is 7. The molecule has 38 heavy (non-hydrogen) atoms. The van der Waals surface area contributed by atoms with Crippen LogP contribution in [0.3, 0.4) is 0 Å². The summed E-state index contributed by atoms with van der Waals surface area (Å²) in [6, 6.07) is 2.17. The Kier molecular flexibility index (Phi) is 9.30. The molecule has 4 rings (SSSR count). The van der Waals surface area contributed by atoms with Gasteiger partial charge in [0, 0.05) is 12.1 Å². The average molecular weight is 545 g/mol. The summed E-state index contributed by atoms with van der Waals surface area (Å²) in [7, 11) is 0. The van der Waals surface area contributed by atoms with Gasteiger partial charge in [0.25, 0.3) is 0 Å². The Morgan fingerprint density at radius 1 is 0.711 bits per heavy atom. The van der Waals surface area contributed by atoms with Crippen molar-refractivity contribution in [3.8, 4) is 5.75 Å². The number of hydrogen-bond donors (Lipinski definition) is 0. The van der Waals surface area contributed by atoms with Crippen LogP contribution in [0.25, 0.3) is 0 Å². The van der Waals surface area contributed by atoms with Crippen molar-refractivity contribution in [1.82, 2.24) is 0 Å². The van der Waals surface area contributed by atoms with E-state index in [1.54, 1.807) is 0 Å². The van der Waals surface area contributed by atoms with Gasteiger partial charge in [-0.1, -0.05) is 45.4 Å². The average Bonchev–Trinajstić information content (AvgIpc) is 2.87. The van der Waals surface area contributed by atoms with E-state index in [1.165, 1.54) is 51.4 Å². The third-order valence-electron chi connectivity index (χ3n) is 8.58. The molecular weight excluding hydrogens is 509 g/mol. The monoisotopic (exact) mass is 544 g/mol. The summed E-state index contributed by atoms with van der Waals surface area (Å²) >= 11 is 0. The van der Waals surface area contributed by atoms with Crippen LogP contribution in [0.1, 0.15) is 101 Å². The quantitative estimate of drug-likeness (QED) is 0.173. The molecule has 0 atom stereocenters. The van der Waals surface area contributed by atoms with Crippen LogP contribution in [0.15, 0.2) is 24.3 Å².